The average Bonchev–Trinajstić information content (AvgIpc) is 3.29. The minimum atomic E-state index is -3.60. The van der Waals surface area contributed by atoms with E-state index in [1.165, 1.54) is 0 Å². The quantitative estimate of drug-likeness (QED) is 0.358. The van der Waals surface area contributed by atoms with Gasteiger partial charge in [0.15, 0.2) is 5.82 Å². The van der Waals surface area contributed by atoms with Crippen molar-refractivity contribution in [2.75, 3.05) is 32.2 Å². The first-order valence-electron chi connectivity index (χ1n) is 9.90. The molecule has 0 amide bonds. The van der Waals surface area contributed by atoms with Crippen molar-refractivity contribution >= 4 is 38.7 Å². The zero-order valence-corrected chi connectivity index (χ0v) is 19.6. The molecule has 1 saturated carbocycles. The number of anilines is 1. The normalized spacial score (nSPS) is 16.3. The van der Waals surface area contributed by atoms with Crippen LogP contribution in [0, 0.1) is 5.41 Å². The Morgan fingerprint density at radius 1 is 1.35 bits per heavy atom. The lowest BCUT2D eigenvalue weighted by atomic mass is 10.1. The summed E-state index contributed by atoms with van der Waals surface area (Å²) in [7, 11) is 1.66. The van der Waals surface area contributed by atoms with Gasteiger partial charge in [0.2, 0.25) is 10.0 Å². The number of ether oxygens (including phenoxy) is 1. The van der Waals surface area contributed by atoms with Crippen LogP contribution in [-0.2, 0) is 21.4 Å². The first kappa shape index (κ1) is 22.8. The molecule has 1 aliphatic rings. The molecule has 9 nitrogen and oxygen atoms in total. The van der Waals surface area contributed by atoms with Gasteiger partial charge in [0, 0.05) is 32.4 Å². The highest BCUT2D eigenvalue weighted by atomic mass is 32.2. The van der Waals surface area contributed by atoms with Crippen LogP contribution < -0.4 is 9.46 Å². The predicted octanol–water partition coefficient (Wildman–Crippen LogP) is 2.66. The third-order valence-corrected chi connectivity index (χ3v) is 5.64. The van der Waals surface area contributed by atoms with Crippen molar-refractivity contribution in [3.8, 4) is 6.01 Å². The summed E-state index contributed by atoms with van der Waals surface area (Å²) in [5.41, 5.74) is 2.98. The molecule has 10 heteroatoms. The molecule has 0 spiro atoms. The van der Waals surface area contributed by atoms with Gasteiger partial charge in [-0.05, 0) is 42.9 Å². The Morgan fingerprint density at radius 3 is 2.55 bits per heavy atom. The van der Waals surface area contributed by atoms with E-state index < -0.39 is 10.0 Å². The first-order chi connectivity index (χ1) is 14.4. The minimum absolute atomic E-state index is 0.120. The number of nitrogens with one attached hydrogen (secondary N) is 1. The van der Waals surface area contributed by atoms with E-state index in [1.807, 2.05) is 35.8 Å². The largest absolute Gasteiger partial charge is 0.468 e. The van der Waals surface area contributed by atoms with Crippen molar-refractivity contribution < 1.29 is 17.9 Å². The summed E-state index contributed by atoms with van der Waals surface area (Å²) in [6.07, 6.45) is 7.58. The van der Waals surface area contributed by atoms with E-state index >= 15 is 0 Å². The fourth-order valence-electron chi connectivity index (χ4n) is 3.29. The molecule has 0 saturated heterocycles. The number of allylic oxidation sites excluding steroid dienone is 3. The fourth-order valence-corrected chi connectivity index (χ4v) is 3.78. The Balaban J connectivity index is 2.31. The summed E-state index contributed by atoms with van der Waals surface area (Å²) in [4.78, 5) is 22.1. The van der Waals surface area contributed by atoms with Crippen LogP contribution in [0.15, 0.2) is 23.9 Å². The second-order valence-corrected chi connectivity index (χ2v) is 10.4. The van der Waals surface area contributed by atoms with Gasteiger partial charge in [-0.15, -0.1) is 0 Å². The van der Waals surface area contributed by atoms with Gasteiger partial charge in [0.05, 0.1) is 24.6 Å². The van der Waals surface area contributed by atoms with Crippen molar-refractivity contribution in [1.82, 2.24) is 19.4 Å². The Labute approximate surface area is 182 Å². The molecule has 0 radical (unpaired) electrons. The number of fused-ring (bicyclic) bond motifs is 1. The Kier molecular flexibility index (Phi) is 6.13. The number of hydrogen-bond donors (Lipinski definition) is 1. The molecule has 1 N–H and O–H groups in total. The number of carbonyl (C=O) groups excluding carboxylic acids is 1. The number of nitrogens with zero attached hydrogens (tertiary/aromatic N) is 4. The molecule has 1 fully saturated rings. The summed E-state index contributed by atoms with van der Waals surface area (Å²) in [5.74, 6) is 0.120. The summed E-state index contributed by atoms with van der Waals surface area (Å²) >= 11 is 0. The molecule has 168 valence electrons. The van der Waals surface area contributed by atoms with Gasteiger partial charge in [-0.3, -0.25) is 14.1 Å². The number of imidazole rings is 1. The van der Waals surface area contributed by atoms with Crippen molar-refractivity contribution in [3.63, 3.8) is 0 Å². The Hall–Kier alpha value is -2.88. The number of sulfonamides is 1. The molecule has 31 heavy (non-hydrogen) atoms. The van der Waals surface area contributed by atoms with Gasteiger partial charge in [0.25, 0.3) is 6.01 Å². The van der Waals surface area contributed by atoms with Crippen molar-refractivity contribution in [1.29, 1.82) is 0 Å². The highest BCUT2D eigenvalue weighted by Gasteiger charge is 2.39. The van der Waals surface area contributed by atoms with Gasteiger partial charge in [-0.25, -0.2) is 13.4 Å². The van der Waals surface area contributed by atoms with Gasteiger partial charge in [0.1, 0.15) is 11.8 Å². The maximum absolute atomic E-state index is 12.0. The van der Waals surface area contributed by atoms with E-state index in [1.54, 1.807) is 20.1 Å². The molecular formula is C21H29N5O4S. The lowest BCUT2D eigenvalue weighted by Crippen LogP contribution is -2.13. The van der Waals surface area contributed by atoms with E-state index in [0.29, 0.717) is 40.4 Å². The topological polar surface area (TPSA) is 106 Å². The molecule has 2 aromatic heterocycles. The average molecular weight is 448 g/mol. The van der Waals surface area contributed by atoms with E-state index in [2.05, 4.69) is 21.6 Å². The second kappa shape index (κ2) is 8.33. The maximum Gasteiger partial charge on any atom is 0.297 e. The monoisotopic (exact) mass is 447 g/mol. The number of hydrogen-bond acceptors (Lipinski definition) is 7. The van der Waals surface area contributed by atoms with E-state index in [-0.39, 0.29) is 11.2 Å². The SMILES string of the molecule is COc1nc2c(NS(C)(=O)=O)nc(C(/C=C(/C)C=O)=C/N(C)C)cc2n1CC1(C)CC1. The van der Waals surface area contributed by atoms with Crippen LogP contribution in [0.5, 0.6) is 6.01 Å². The minimum Gasteiger partial charge on any atom is -0.468 e. The molecule has 0 aromatic carbocycles. The van der Waals surface area contributed by atoms with Gasteiger partial charge < -0.3 is 9.64 Å². The van der Waals surface area contributed by atoms with Gasteiger partial charge in [-0.2, -0.15) is 4.98 Å². The van der Waals surface area contributed by atoms with Crippen molar-refractivity contribution in [2.45, 2.75) is 33.2 Å². The van der Waals surface area contributed by atoms with Crippen LogP contribution in [0.1, 0.15) is 32.4 Å². The number of aldehydes is 1. The van der Waals surface area contributed by atoms with Crippen LogP contribution in [0.4, 0.5) is 5.82 Å². The molecule has 3 rings (SSSR count). The molecule has 1 aliphatic carbocycles. The van der Waals surface area contributed by atoms with E-state index in [9.17, 15) is 13.2 Å². The maximum atomic E-state index is 12.0. The second-order valence-electron chi connectivity index (χ2n) is 8.65. The summed E-state index contributed by atoms with van der Waals surface area (Å²) in [5, 5.41) is 0. The first-order valence-corrected chi connectivity index (χ1v) is 11.8. The van der Waals surface area contributed by atoms with Crippen molar-refractivity contribution in [2.24, 2.45) is 5.41 Å². The lowest BCUT2D eigenvalue weighted by Gasteiger charge is -2.15. The van der Waals surface area contributed by atoms with Crippen molar-refractivity contribution in [3.05, 3.63) is 29.6 Å². The number of carbonyl (C=O) groups is 1. The zero-order chi connectivity index (χ0) is 23.0. The molecule has 2 heterocycles. The van der Waals surface area contributed by atoms with E-state index in [0.717, 1.165) is 25.4 Å². The highest BCUT2D eigenvalue weighted by molar-refractivity contribution is 7.92. The summed E-state index contributed by atoms with van der Waals surface area (Å²) in [6.45, 7) is 4.60. The number of aromatic nitrogens is 3. The van der Waals surface area contributed by atoms with Crippen LogP contribution in [0.3, 0.4) is 0 Å². The zero-order valence-electron chi connectivity index (χ0n) is 18.8. The molecular weight excluding hydrogens is 418 g/mol. The van der Waals surface area contributed by atoms with Gasteiger partial charge in [-0.1, -0.05) is 6.92 Å². The standard InChI is InChI=1S/C21H29N5O4S/c1-14(12-27)9-15(11-25(3)4)16-10-17-18(19(22-16)24-31(6,28)29)23-20(30-5)26(17)13-21(2)7-8-21/h9-12H,7-8,13H2,1-6H3,(H,22,24)/b14-9-,15-11+. The Bertz CT molecular complexity index is 1170. The fraction of sp³-hybridized carbons (Fsp3) is 0.476. The number of methoxy groups -OCH3 is 1. The third-order valence-electron chi connectivity index (χ3n) is 5.07. The highest BCUT2D eigenvalue weighted by Crippen LogP contribution is 2.48. The van der Waals surface area contributed by atoms with Crippen LogP contribution in [-0.4, -0.2) is 61.6 Å². The lowest BCUT2D eigenvalue weighted by molar-refractivity contribution is -0.104. The third kappa shape index (κ3) is 5.43. The number of pyridine rings is 1. The van der Waals surface area contributed by atoms with Crippen LogP contribution >= 0.6 is 0 Å². The van der Waals surface area contributed by atoms with Crippen LogP contribution in [0.25, 0.3) is 16.6 Å². The molecule has 2 aromatic rings. The van der Waals surface area contributed by atoms with E-state index in [4.69, 9.17) is 4.74 Å². The van der Waals surface area contributed by atoms with Crippen LogP contribution in [0.2, 0.25) is 0 Å². The summed E-state index contributed by atoms with van der Waals surface area (Å²) in [6, 6.07) is 2.25. The molecule has 0 aliphatic heterocycles. The van der Waals surface area contributed by atoms with Gasteiger partial charge >= 0.3 is 0 Å². The smallest absolute Gasteiger partial charge is 0.297 e. The molecule has 0 bridgehead atoms. The molecule has 0 atom stereocenters. The Morgan fingerprint density at radius 2 is 2.03 bits per heavy atom. The predicted molar refractivity (Wildman–Crippen MR) is 121 cm³/mol. The summed E-state index contributed by atoms with van der Waals surface area (Å²) < 4.78 is 34.0. The molecule has 0 unspecified atom stereocenters. The number of rotatable bonds is 9.